The number of aromatic carboxylic acids is 1. The molecule has 0 saturated heterocycles. The number of methoxy groups -OCH3 is 1. The molecule has 6 heteroatoms. The Morgan fingerprint density at radius 2 is 1.95 bits per heavy atom. The Balaban J connectivity index is 2.59. The van der Waals surface area contributed by atoms with Gasteiger partial charge in [-0.3, -0.25) is 4.79 Å². The molecule has 1 aromatic carbocycles. The van der Waals surface area contributed by atoms with Crippen LogP contribution in [0.2, 0.25) is 0 Å². The van der Waals surface area contributed by atoms with Gasteiger partial charge < -0.3 is 15.2 Å². The lowest BCUT2D eigenvalue weighted by molar-refractivity contribution is 0.0697. The van der Waals surface area contributed by atoms with Crippen LogP contribution in [0.25, 0.3) is 0 Å². The van der Waals surface area contributed by atoms with Gasteiger partial charge in [-0.05, 0) is 31.0 Å². The number of carbonyl (C=O) groups is 2. The van der Waals surface area contributed by atoms with Crippen molar-refractivity contribution in [3.63, 3.8) is 0 Å². The van der Waals surface area contributed by atoms with Crippen molar-refractivity contribution in [2.75, 3.05) is 20.3 Å². The highest BCUT2D eigenvalue weighted by atomic mass is 79.9. The molecule has 1 aromatic rings. The van der Waals surface area contributed by atoms with Crippen LogP contribution in [0.5, 0.6) is 0 Å². The number of rotatable bonds is 7. The lowest BCUT2D eigenvalue weighted by atomic mass is 10.1. The number of carboxylic acids is 1. The summed E-state index contributed by atoms with van der Waals surface area (Å²) in [6, 6.07) is 4.41. The summed E-state index contributed by atoms with van der Waals surface area (Å²) < 4.78 is 5.47. The summed E-state index contributed by atoms with van der Waals surface area (Å²) in [5, 5.41) is 11.7. The summed E-state index contributed by atoms with van der Waals surface area (Å²) in [5.41, 5.74) is 0.414. The number of halogens is 1. The first-order valence-corrected chi connectivity index (χ1v) is 6.65. The Morgan fingerprint density at radius 3 is 2.58 bits per heavy atom. The Hall–Kier alpha value is -1.40. The summed E-state index contributed by atoms with van der Waals surface area (Å²) in [6.45, 7) is 1.20. The zero-order valence-electron chi connectivity index (χ0n) is 10.6. The predicted octanol–water partition coefficient (Wildman–Crippen LogP) is 2.30. The van der Waals surface area contributed by atoms with Crippen molar-refractivity contribution in [1.29, 1.82) is 0 Å². The Labute approximate surface area is 120 Å². The van der Waals surface area contributed by atoms with Gasteiger partial charge in [0.05, 0.1) is 5.56 Å². The number of hydrogen-bond acceptors (Lipinski definition) is 3. The van der Waals surface area contributed by atoms with Gasteiger partial charge in [0.2, 0.25) is 0 Å². The van der Waals surface area contributed by atoms with Gasteiger partial charge in [-0.2, -0.15) is 0 Å². The number of nitrogens with one attached hydrogen (secondary N) is 1. The number of ether oxygens (including phenoxy) is 1. The van der Waals surface area contributed by atoms with Crippen molar-refractivity contribution in [3.05, 3.63) is 33.8 Å². The first-order valence-electron chi connectivity index (χ1n) is 5.85. The molecule has 0 fully saturated rings. The van der Waals surface area contributed by atoms with Crippen LogP contribution in [0.3, 0.4) is 0 Å². The minimum absolute atomic E-state index is 0.0823. The Bertz CT molecular complexity index is 462. The molecule has 0 heterocycles. The van der Waals surface area contributed by atoms with E-state index in [0.29, 0.717) is 23.2 Å². The largest absolute Gasteiger partial charge is 0.478 e. The van der Waals surface area contributed by atoms with Gasteiger partial charge in [0.15, 0.2) is 0 Å². The third kappa shape index (κ3) is 5.40. The summed E-state index contributed by atoms with van der Waals surface area (Å²) in [5.74, 6) is -1.34. The van der Waals surface area contributed by atoms with E-state index in [1.165, 1.54) is 12.1 Å². The average molecular weight is 330 g/mol. The monoisotopic (exact) mass is 329 g/mol. The van der Waals surface area contributed by atoms with Crippen molar-refractivity contribution < 1.29 is 19.4 Å². The van der Waals surface area contributed by atoms with E-state index in [9.17, 15) is 9.59 Å². The van der Waals surface area contributed by atoms with Crippen LogP contribution in [0.4, 0.5) is 0 Å². The minimum Gasteiger partial charge on any atom is -0.478 e. The second-order valence-corrected chi connectivity index (χ2v) is 4.91. The Morgan fingerprint density at radius 1 is 1.26 bits per heavy atom. The summed E-state index contributed by atoms with van der Waals surface area (Å²) in [7, 11) is 1.63. The van der Waals surface area contributed by atoms with Crippen molar-refractivity contribution in [1.82, 2.24) is 5.32 Å². The van der Waals surface area contributed by atoms with Gasteiger partial charge in [-0.25, -0.2) is 4.79 Å². The zero-order chi connectivity index (χ0) is 14.3. The van der Waals surface area contributed by atoms with Crippen LogP contribution >= 0.6 is 15.9 Å². The van der Waals surface area contributed by atoms with E-state index in [4.69, 9.17) is 9.84 Å². The van der Waals surface area contributed by atoms with E-state index >= 15 is 0 Å². The van der Waals surface area contributed by atoms with Crippen LogP contribution in [0.1, 0.15) is 33.6 Å². The van der Waals surface area contributed by atoms with Gasteiger partial charge in [0, 0.05) is 30.3 Å². The molecule has 0 aliphatic heterocycles. The van der Waals surface area contributed by atoms with E-state index in [2.05, 4.69) is 21.2 Å². The highest BCUT2D eigenvalue weighted by Gasteiger charge is 2.11. The maximum Gasteiger partial charge on any atom is 0.335 e. The average Bonchev–Trinajstić information content (AvgIpc) is 2.37. The molecule has 0 aromatic heterocycles. The zero-order valence-corrected chi connectivity index (χ0v) is 12.2. The molecule has 0 saturated carbocycles. The van der Waals surface area contributed by atoms with E-state index in [1.807, 2.05) is 0 Å². The molecule has 1 rings (SSSR count). The molecule has 104 valence electrons. The van der Waals surface area contributed by atoms with Crippen molar-refractivity contribution in [2.24, 2.45) is 0 Å². The maximum atomic E-state index is 11.8. The van der Waals surface area contributed by atoms with Gasteiger partial charge in [-0.1, -0.05) is 15.9 Å². The molecule has 0 aliphatic rings. The van der Waals surface area contributed by atoms with Crippen molar-refractivity contribution >= 4 is 27.8 Å². The number of carbonyl (C=O) groups excluding carboxylic acids is 1. The number of hydrogen-bond donors (Lipinski definition) is 2. The smallest absolute Gasteiger partial charge is 0.335 e. The molecule has 0 radical (unpaired) electrons. The second-order valence-electron chi connectivity index (χ2n) is 3.99. The molecule has 5 nitrogen and oxygen atoms in total. The van der Waals surface area contributed by atoms with E-state index in [-0.39, 0.29) is 11.5 Å². The predicted molar refractivity (Wildman–Crippen MR) is 74.5 cm³/mol. The summed E-state index contributed by atoms with van der Waals surface area (Å²) in [4.78, 5) is 22.7. The fraction of sp³-hybridized carbons (Fsp3) is 0.385. The Kier molecular flexibility index (Phi) is 6.52. The molecule has 0 atom stereocenters. The SMILES string of the molecule is COCCCCNC(=O)c1cc(Br)cc(C(=O)O)c1. The third-order valence-electron chi connectivity index (χ3n) is 2.47. The van der Waals surface area contributed by atoms with Gasteiger partial charge in [0.25, 0.3) is 5.91 Å². The number of amides is 1. The molecule has 0 bridgehead atoms. The molecular weight excluding hydrogens is 314 g/mol. The number of carboxylic acid groups (broad SMARTS) is 1. The first kappa shape index (κ1) is 15.7. The van der Waals surface area contributed by atoms with Crippen LogP contribution in [-0.4, -0.2) is 37.2 Å². The van der Waals surface area contributed by atoms with Gasteiger partial charge in [0.1, 0.15) is 0 Å². The highest BCUT2D eigenvalue weighted by Crippen LogP contribution is 2.16. The molecule has 0 spiro atoms. The van der Waals surface area contributed by atoms with Crippen LogP contribution in [-0.2, 0) is 4.74 Å². The number of benzene rings is 1. The second kappa shape index (κ2) is 7.91. The fourth-order valence-electron chi connectivity index (χ4n) is 1.52. The minimum atomic E-state index is -1.06. The van der Waals surface area contributed by atoms with Gasteiger partial charge >= 0.3 is 5.97 Å². The van der Waals surface area contributed by atoms with Crippen LogP contribution < -0.4 is 5.32 Å². The van der Waals surface area contributed by atoms with Gasteiger partial charge in [-0.15, -0.1) is 0 Å². The lowest BCUT2D eigenvalue weighted by Gasteiger charge is -2.06. The summed E-state index contributed by atoms with van der Waals surface area (Å²) >= 11 is 3.19. The summed E-state index contributed by atoms with van der Waals surface area (Å²) in [6.07, 6.45) is 1.69. The lowest BCUT2D eigenvalue weighted by Crippen LogP contribution is -2.25. The molecule has 1 amide bonds. The van der Waals surface area contributed by atoms with E-state index < -0.39 is 5.97 Å². The van der Waals surface area contributed by atoms with Crippen LogP contribution in [0, 0.1) is 0 Å². The molecular formula is C13H16BrNO4. The highest BCUT2D eigenvalue weighted by molar-refractivity contribution is 9.10. The van der Waals surface area contributed by atoms with E-state index in [0.717, 1.165) is 12.8 Å². The molecule has 2 N–H and O–H groups in total. The standard InChI is InChI=1S/C13H16BrNO4/c1-19-5-3-2-4-15-12(16)9-6-10(13(17)18)8-11(14)7-9/h6-8H,2-5H2,1H3,(H,15,16)(H,17,18). The topological polar surface area (TPSA) is 75.6 Å². The quantitative estimate of drug-likeness (QED) is 0.752. The van der Waals surface area contributed by atoms with Crippen molar-refractivity contribution in [2.45, 2.75) is 12.8 Å². The first-order chi connectivity index (χ1) is 9.04. The van der Waals surface area contributed by atoms with Crippen LogP contribution in [0.15, 0.2) is 22.7 Å². The maximum absolute atomic E-state index is 11.8. The number of unbranched alkanes of at least 4 members (excludes halogenated alkanes) is 1. The fourth-order valence-corrected chi connectivity index (χ4v) is 2.01. The normalized spacial score (nSPS) is 10.2. The van der Waals surface area contributed by atoms with E-state index in [1.54, 1.807) is 13.2 Å². The third-order valence-corrected chi connectivity index (χ3v) is 2.93. The molecule has 19 heavy (non-hydrogen) atoms. The van der Waals surface area contributed by atoms with Crippen molar-refractivity contribution in [3.8, 4) is 0 Å². The molecule has 0 aliphatic carbocycles. The molecule has 0 unspecified atom stereocenters.